The standard InChI is InChI=1S/C46H53FN4O12/c1-6-9-11-16-34(38(7-2)51(28-52)63-45(57)33-20-18-32(59-5)25-36(33)47)42(54)48-27-49-44(56)40-22-21-39(62-40)31-17-19-35(41(24-31)60-8-3)43(55)50-37(23-29(4)53)46(58)61-26-30-14-12-10-13-15-30/h10,12-15,17-22,24-25,28,34,37-38H,6-9,11,16,23,26-27H2,1-5H3,(H,48,54)(H,49,56)(H,50,55)/t34-,37+,38-/m1/s1. The van der Waals surface area contributed by atoms with Gasteiger partial charge < -0.3 is 39.4 Å². The third-order valence-corrected chi connectivity index (χ3v) is 9.81. The summed E-state index contributed by atoms with van der Waals surface area (Å²) >= 11 is 0. The molecule has 336 valence electrons. The molecule has 0 saturated heterocycles. The molecule has 3 aromatic carbocycles. The molecule has 0 aliphatic carbocycles. The number of unbranched alkanes of at least 4 members (excludes halogenated alkanes) is 2. The molecule has 0 bridgehead atoms. The fraction of sp³-hybridized carbons (Fsp3) is 0.370. The van der Waals surface area contributed by atoms with Gasteiger partial charge in [0.2, 0.25) is 12.3 Å². The maximum Gasteiger partial charge on any atom is 0.366 e. The molecule has 1 aromatic heterocycles. The molecule has 0 aliphatic heterocycles. The number of amides is 4. The first kappa shape index (κ1) is 48.6. The number of ketones is 1. The summed E-state index contributed by atoms with van der Waals surface area (Å²) in [4.78, 5) is 95.6. The van der Waals surface area contributed by atoms with Crippen molar-refractivity contribution in [3.05, 3.63) is 107 Å². The molecule has 16 nitrogen and oxygen atoms in total. The van der Waals surface area contributed by atoms with Crippen LogP contribution >= 0.6 is 0 Å². The highest BCUT2D eigenvalue weighted by molar-refractivity contribution is 6.00. The SMILES string of the molecule is CCCCC[C@@H](C(=O)NCNC(=O)c1ccc(-c2ccc(C(=O)N[C@@H](CC(C)=O)C(=O)OCc3ccccc3)c(OCC)c2)o1)[C@@H](CC)N(C=O)OC(=O)c1ccc(OC)cc1F. The Morgan fingerprint density at radius 2 is 1.62 bits per heavy atom. The lowest BCUT2D eigenvalue weighted by Crippen LogP contribution is -2.49. The van der Waals surface area contributed by atoms with E-state index in [-0.39, 0.29) is 73.5 Å². The van der Waals surface area contributed by atoms with Crippen molar-refractivity contribution in [2.24, 2.45) is 5.92 Å². The van der Waals surface area contributed by atoms with Crippen molar-refractivity contribution >= 4 is 41.9 Å². The van der Waals surface area contributed by atoms with Crippen molar-refractivity contribution in [3.8, 4) is 22.8 Å². The molecule has 0 unspecified atom stereocenters. The zero-order chi connectivity index (χ0) is 45.9. The Bertz CT molecular complexity index is 2210. The minimum absolute atomic E-state index is 0.0428. The van der Waals surface area contributed by atoms with Crippen molar-refractivity contribution < 1.29 is 61.4 Å². The van der Waals surface area contributed by atoms with Gasteiger partial charge in [0.25, 0.3) is 11.8 Å². The number of carbonyl (C=O) groups excluding carboxylic acids is 7. The van der Waals surface area contributed by atoms with Crippen LogP contribution < -0.4 is 25.4 Å². The quantitative estimate of drug-likeness (QED) is 0.0220. The number of nitrogens with zero attached hydrogens (tertiary/aromatic N) is 1. The Morgan fingerprint density at radius 3 is 2.27 bits per heavy atom. The summed E-state index contributed by atoms with van der Waals surface area (Å²) in [6, 6.07) is 17.8. The number of carbonyl (C=O) groups is 7. The van der Waals surface area contributed by atoms with Gasteiger partial charge in [-0.3, -0.25) is 24.0 Å². The van der Waals surface area contributed by atoms with Gasteiger partial charge >= 0.3 is 11.9 Å². The van der Waals surface area contributed by atoms with Crippen LogP contribution in [0.5, 0.6) is 11.5 Å². The van der Waals surface area contributed by atoms with Gasteiger partial charge in [-0.25, -0.2) is 14.0 Å². The van der Waals surface area contributed by atoms with Crippen molar-refractivity contribution in [2.75, 3.05) is 20.4 Å². The second-order valence-electron chi connectivity index (χ2n) is 14.3. The maximum atomic E-state index is 14.6. The molecule has 17 heteroatoms. The molecule has 0 fully saturated rings. The molecule has 4 rings (SSSR count). The molecule has 63 heavy (non-hydrogen) atoms. The summed E-state index contributed by atoms with van der Waals surface area (Å²) in [7, 11) is 1.34. The van der Waals surface area contributed by atoms with E-state index in [1.165, 1.54) is 44.4 Å². The average molecular weight is 873 g/mol. The topological polar surface area (TPSA) is 209 Å². The number of rotatable bonds is 25. The normalized spacial score (nSPS) is 12.2. The zero-order valence-corrected chi connectivity index (χ0v) is 35.9. The first-order valence-corrected chi connectivity index (χ1v) is 20.6. The summed E-state index contributed by atoms with van der Waals surface area (Å²) in [5, 5.41) is 8.54. The molecular weight excluding hydrogens is 820 g/mol. The fourth-order valence-electron chi connectivity index (χ4n) is 6.58. The van der Waals surface area contributed by atoms with Crippen molar-refractivity contribution in [1.82, 2.24) is 21.0 Å². The van der Waals surface area contributed by atoms with Crippen molar-refractivity contribution in [1.29, 1.82) is 0 Å². The number of furan rings is 1. The van der Waals surface area contributed by atoms with Crippen LogP contribution in [0, 0.1) is 11.7 Å². The van der Waals surface area contributed by atoms with Crippen LogP contribution in [0.4, 0.5) is 4.39 Å². The zero-order valence-electron chi connectivity index (χ0n) is 35.9. The lowest BCUT2D eigenvalue weighted by molar-refractivity contribution is -0.171. The van der Waals surface area contributed by atoms with Crippen LogP contribution in [0.1, 0.15) is 103 Å². The Kier molecular flexibility index (Phi) is 18.8. The van der Waals surface area contributed by atoms with Crippen LogP contribution in [-0.4, -0.2) is 79.4 Å². The van der Waals surface area contributed by atoms with Gasteiger partial charge in [-0.05, 0) is 68.7 Å². The Labute approximate surface area is 364 Å². The molecule has 4 amide bonds. The number of halogens is 1. The maximum absolute atomic E-state index is 14.6. The van der Waals surface area contributed by atoms with Gasteiger partial charge in [0, 0.05) is 18.1 Å². The van der Waals surface area contributed by atoms with Crippen molar-refractivity contribution in [3.63, 3.8) is 0 Å². The predicted molar refractivity (Wildman–Crippen MR) is 227 cm³/mol. The van der Waals surface area contributed by atoms with E-state index in [0.29, 0.717) is 18.4 Å². The lowest BCUT2D eigenvalue weighted by atomic mass is 9.90. The highest BCUT2D eigenvalue weighted by Gasteiger charge is 2.34. The van der Waals surface area contributed by atoms with E-state index < -0.39 is 59.0 Å². The van der Waals surface area contributed by atoms with Gasteiger partial charge in [-0.15, -0.1) is 0 Å². The van der Waals surface area contributed by atoms with E-state index in [1.807, 2.05) is 13.0 Å². The molecule has 3 N–H and O–H groups in total. The average Bonchev–Trinajstić information content (AvgIpc) is 3.78. The number of Topliss-reactive ketones (excluding diaryl/α,β-unsaturated/α-hetero) is 1. The molecule has 1 heterocycles. The number of ether oxygens (including phenoxy) is 3. The minimum Gasteiger partial charge on any atom is -0.497 e. The van der Waals surface area contributed by atoms with Crippen molar-refractivity contribution in [2.45, 2.75) is 84.9 Å². The molecule has 3 atom stereocenters. The highest BCUT2D eigenvalue weighted by Crippen LogP contribution is 2.30. The smallest absolute Gasteiger partial charge is 0.366 e. The van der Waals surface area contributed by atoms with E-state index >= 15 is 0 Å². The van der Waals surface area contributed by atoms with Crippen LogP contribution in [0.25, 0.3) is 11.3 Å². The monoisotopic (exact) mass is 872 g/mol. The molecule has 0 spiro atoms. The largest absolute Gasteiger partial charge is 0.497 e. The van der Waals surface area contributed by atoms with E-state index in [9.17, 15) is 38.0 Å². The molecule has 4 aromatic rings. The second kappa shape index (κ2) is 24.4. The Balaban J connectivity index is 1.41. The number of hydroxylamine groups is 2. The van der Waals surface area contributed by atoms with Crippen LogP contribution in [-0.2, 0) is 35.4 Å². The minimum atomic E-state index is -1.25. The van der Waals surface area contributed by atoms with Crippen LogP contribution in [0.3, 0.4) is 0 Å². The molecule has 0 aliphatic rings. The van der Waals surface area contributed by atoms with Gasteiger partial charge in [-0.1, -0.05) is 69.5 Å². The number of nitrogens with one attached hydrogen (secondary N) is 3. The summed E-state index contributed by atoms with van der Waals surface area (Å²) in [6.07, 6.45) is 2.74. The molecule has 0 saturated carbocycles. The van der Waals surface area contributed by atoms with Gasteiger partial charge in [0.05, 0.1) is 43.5 Å². The number of hydrogen-bond acceptors (Lipinski definition) is 12. The Hall–Kier alpha value is -7.04. The highest BCUT2D eigenvalue weighted by atomic mass is 19.1. The lowest BCUT2D eigenvalue weighted by Gasteiger charge is -2.31. The number of hydrogen-bond donors (Lipinski definition) is 3. The first-order chi connectivity index (χ1) is 30.3. The van der Waals surface area contributed by atoms with E-state index in [1.54, 1.807) is 44.2 Å². The summed E-state index contributed by atoms with van der Waals surface area (Å²) in [5.41, 5.74) is 0.822. The predicted octanol–water partition coefficient (Wildman–Crippen LogP) is 6.32. The van der Waals surface area contributed by atoms with E-state index in [0.717, 1.165) is 35.6 Å². The van der Waals surface area contributed by atoms with E-state index in [4.69, 9.17) is 23.5 Å². The summed E-state index contributed by atoms with van der Waals surface area (Å²) < 4.78 is 36.6. The number of benzene rings is 3. The van der Waals surface area contributed by atoms with Crippen LogP contribution in [0.15, 0.2) is 83.3 Å². The number of methoxy groups -OCH3 is 1. The second-order valence-corrected chi connectivity index (χ2v) is 14.3. The van der Waals surface area contributed by atoms with E-state index in [2.05, 4.69) is 16.0 Å². The van der Waals surface area contributed by atoms with Gasteiger partial charge in [-0.2, -0.15) is 5.06 Å². The molecular formula is C46H53FN4O12. The summed E-state index contributed by atoms with van der Waals surface area (Å²) in [6.45, 7) is 6.52. The molecule has 0 radical (unpaired) electrons. The third kappa shape index (κ3) is 14.0. The van der Waals surface area contributed by atoms with Crippen LogP contribution in [0.2, 0.25) is 0 Å². The number of esters is 1. The van der Waals surface area contributed by atoms with Gasteiger partial charge in [0.1, 0.15) is 41.5 Å². The van der Waals surface area contributed by atoms with Gasteiger partial charge in [0.15, 0.2) is 5.76 Å². The first-order valence-electron chi connectivity index (χ1n) is 20.6. The summed E-state index contributed by atoms with van der Waals surface area (Å²) in [5.74, 6) is -5.44. The third-order valence-electron chi connectivity index (χ3n) is 9.81. The Morgan fingerprint density at radius 1 is 0.873 bits per heavy atom. The fourth-order valence-corrected chi connectivity index (χ4v) is 6.58.